The van der Waals surface area contributed by atoms with Gasteiger partial charge in [0, 0.05) is 0 Å². The summed E-state index contributed by atoms with van der Waals surface area (Å²) in [7, 11) is 0. The number of ether oxygens (including phenoxy) is 1. The molecule has 0 amide bonds. The van der Waals surface area contributed by atoms with Gasteiger partial charge in [0.2, 0.25) is 0 Å². The standard InChI is InChI=1S/C15H27NO2/c16-12-15(8-4-1-5-9-15)10-14(17)18-11-13-6-2-3-7-13/h13H,1-12,16H2. The van der Waals surface area contributed by atoms with Crippen LogP contribution in [-0.4, -0.2) is 19.1 Å². The van der Waals surface area contributed by atoms with Gasteiger partial charge in [0.15, 0.2) is 0 Å². The number of esters is 1. The van der Waals surface area contributed by atoms with Gasteiger partial charge in [0.25, 0.3) is 0 Å². The quantitative estimate of drug-likeness (QED) is 0.766. The van der Waals surface area contributed by atoms with Crippen LogP contribution in [0.1, 0.15) is 64.2 Å². The molecule has 2 aliphatic rings. The Bertz CT molecular complexity index is 266. The van der Waals surface area contributed by atoms with Crippen molar-refractivity contribution in [2.24, 2.45) is 17.1 Å². The Morgan fingerprint density at radius 1 is 1.11 bits per heavy atom. The maximum Gasteiger partial charge on any atom is 0.306 e. The highest BCUT2D eigenvalue weighted by molar-refractivity contribution is 5.70. The van der Waals surface area contributed by atoms with E-state index in [2.05, 4.69) is 0 Å². The van der Waals surface area contributed by atoms with Crippen molar-refractivity contribution >= 4 is 5.97 Å². The third-order valence-corrected chi connectivity index (χ3v) is 4.82. The van der Waals surface area contributed by atoms with E-state index >= 15 is 0 Å². The first-order chi connectivity index (χ1) is 8.74. The highest BCUT2D eigenvalue weighted by Gasteiger charge is 2.33. The number of carbonyl (C=O) groups is 1. The van der Waals surface area contributed by atoms with Gasteiger partial charge < -0.3 is 10.5 Å². The molecule has 0 bridgehead atoms. The van der Waals surface area contributed by atoms with Crippen molar-refractivity contribution in [1.82, 2.24) is 0 Å². The van der Waals surface area contributed by atoms with Crippen LogP contribution in [0, 0.1) is 11.3 Å². The van der Waals surface area contributed by atoms with E-state index in [4.69, 9.17) is 10.5 Å². The molecule has 2 rings (SSSR count). The second-order valence-corrected chi connectivity index (χ2v) is 6.28. The molecular formula is C15H27NO2. The highest BCUT2D eigenvalue weighted by atomic mass is 16.5. The molecule has 2 N–H and O–H groups in total. The Balaban J connectivity index is 1.74. The Morgan fingerprint density at radius 3 is 2.39 bits per heavy atom. The van der Waals surface area contributed by atoms with Crippen molar-refractivity contribution in [3.63, 3.8) is 0 Å². The Morgan fingerprint density at radius 2 is 1.78 bits per heavy atom. The molecule has 3 heteroatoms. The molecule has 2 saturated carbocycles. The molecule has 0 radical (unpaired) electrons. The maximum absolute atomic E-state index is 12.0. The summed E-state index contributed by atoms with van der Waals surface area (Å²) in [6.45, 7) is 1.27. The summed E-state index contributed by atoms with van der Waals surface area (Å²) < 4.78 is 5.46. The van der Waals surface area contributed by atoms with Gasteiger partial charge >= 0.3 is 5.97 Å². The van der Waals surface area contributed by atoms with Gasteiger partial charge in [-0.2, -0.15) is 0 Å². The smallest absolute Gasteiger partial charge is 0.306 e. The number of hydrogen-bond acceptors (Lipinski definition) is 3. The van der Waals surface area contributed by atoms with Crippen LogP contribution in [0.3, 0.4) is 0 Å². The molecule has 0 spiro atoms. The van der Waals surface area contributed by atoms with Gasteiger partial charge in [-0.15, -0.1) is 0 Å². The lowest BCUT2D eigenvalue weighted by atomic mass is 9.72. The second kappa shape index (κ2) is 6.55. The molecule has 0 aromatic heterocycles. The summed E-state index contributed by atoms with van der Waals surface area (Å²) in [5.41, 5.74) is 5.94. The second-order valence-electron chi connectivity index (χ2n) is 6.28. The lowest BCUT2D eigenvalue weighted by Crippen LogP contribution is -2.35. The third kappa shape index (κ3) is 3.71. The molecule has 0 aromatic rings. The summed E-state index contributed by atoms with van der Waals surface area (Å²) in [6, 6.07) is 0. The van der Waals surface area contributed by atoms with E-state index in [1.54, 1.807) is 0 Å². The van der Waals surface area contributed by atoms with Gasteiger partial charge in [0.1, 0.15) is 0 Å². The minimum atomic E-state index is -0.0192. The Kier molecular flexibility index (Phi) is 5.04. The minimum Gasteiger partial charge on any atom is -0.465 e. The number of rotatable bonds is 5. The fraction of sp³-hybridized carbons (Fsp3) is 0.933. The zero-order valence-electron chi connectivity index (χ0n) is 11.5. The zero-order valence-corrected chi connectivity index (χ0v) is 11.5. The lowest BCUT2D eigenvalue weighted by Gasteiger charge is -2.35. The fourth-order valence-electron chi connectivity index (χ4n) is 3.50. The normalized spacial score (nSPS) is 24.1. The molecule has 0 unspecified atom stereocenters. The largest absolute Gasteiger partial charge is 0.465 e. The third-order valence-electron chi connectivity index (χ3n) is 4.82. The van der Waals surface area contributed by atoms with E-state index in [1.165, 1.54) is 44.9 Å². The number of carbonyl (C=O) groups excluding carboxylic acids is 1. The summed E-state index contributed by atoms with van der Waals surface area (Å²) in [6.07, 6.45) is 11.5. The summed E-state index contributed by atoms with van der Waals surface area (Å²) in [5, 5.41) is 0. The average molecular weight is 253 g/mol. The van der Waals surface area contributed by atoms with Crippen molar-refractivity contribution in [2.75, 3.05) is 13.2 Å². The van der Waals surface area contributed by atoms with Crippen molar-refractivity contribution in [2.45, 2.75) is 64.2 Å². The van der Waals surface area contributed by atoms with E-state index in [0.29, 0.717) is 25.5 Å². The molecule has 18 heavy (non-hydrogen) atoms. The van der Waals surface area contributed by atoms with Crippen LogP contribution in [-0.2, 0) is 9.53 Å². The van der Waals surface area contributed by atoms with E-state index < -0.39 is 0 Å². The number of nitrogens with two attached hydrogens (primary N) is 1. The monoisotopic (exact) mass is 253 g/mol. The van der Waals surface area contributed by atoms with Crippen molar-refractivity contribution in [3.8, 4) is 0 Å². The van der Waals surface area contributed by atoms with Gasteiger partial charge in [0.05, 0.1) is 13.0 Å². The Hall–Kier alpha value is -0.570. The minimum absolute atomic E-state index is 0.0192. The predicted octanol–water partition coefficient (Wildman–Crippen LogP) is 3.02. The summed E-state index contributed by atoms with van der Waals surface area (Å²) in [5.74, 6) is 0.600. The first-order valence-corrected chi connectivity index (χ1v) is 7.60. The molecule has 0 atom stereocenters. The van der Waals surface area contributed by atoms with E-state index in [-0.39, 0.29) is 11.4 Å². The molecule has 3 nitrogen and oxygen atoms in total. The summed E-state index contributed by atoms with van der Waals surface area (Å²) in [4.78, 5) is 12.0. The van der Waals surface area contributed by atoms with Crippen LogP contribution >= 0.6 is 0 Å². The molecule has 0 saturated heterocycles. The van der Waals surface area contributed by atoms with E-state index in [9.17, 15) is 4.79 Å². The van der Waals surface area contributed by atoms with Gasteiger partial charge in [-0.1, -0.05) is 32.1 Å². The van der Waals surface area contributed by atoms with Crippen molar-refractivity contribution in [1.29, 1.82) is 0 Å². The molecule has 0 aliphatic heterocycles. The van der Waals surface area contributed by atoms with Crippen LogP contribution < -0.4 is 5.73 Å². The predicted molar refractivity (Wildman–Crippen MR) is 72.1 cm³/mol. The van der Waals surface area contributed by atoms with Crippen LogP contribution in [0.15, 0.2) is 0 Å². The van der Waals surface area contributed by atoms with Crippen LogP contribution in [0.2, 0.25) is 0 Å². The average Bonchev–Trinajstić information content (AvgIpc) is 2.91. The molecule has 2 fully saturated rings. The van der Waals surface area contributed by atoms with Crippen LogP contribution in [0.25, 0.3) is 0 Å². The van der Waals surface area contributed by atoms with Crippen molar-refractivity contribution in [3.05, 3.63) is 0 Å². The first-order valence-electron chi connectivity index (χ1n) is 7.60. The van der Waals surface area contributed by atoms with E-state index in [0.717, 1.165) is 12.8 Å². The molecule has 0 heterocycles. The number of hydrogen-bond donors (Lipinski definition) is 1. The van der Waals surface area contributed by atoms with E-state index in [1.807, 2.05) is 0 Å². The first kappa shape index (κ1) is 13.9. The topological polar surface area (TPSA) is 52.3 Å². The Labute approximate surface area is 110 Å². The highest BCUT2D eigenvalue weighted by Crippen LogP contribution is 2.38. The fourth-order valence-corrected chi connectivity index (χ4v) is 3.50. The van der Waals surface area contributed by atoms with Crippen LogP contribution in [0.5, 0.6) is 0 Å². The lowest BCUT2D eigenvalue weighted by molar-refractivity contribution is -0.148. The van der Waals surface area contributed by atoms with Crippen LogP contribution in [0.4, 0.5) is 0 Å². The van der Waals surface area contributed by atoms with Gasteiger partial charge in [-0.3, -0.25) is 4.79 Å². The zero-order chi connectivity index (χ0) is 12.8. The summed E-state index contributed by atoms with van der Waals surface area (Å²) >= 11 is 0. The molecular weight excluding hydrogens is 226 g/mol. The SMILES string of the molecule is NCC1(CC(=O)OCC2CCCC2)CCCCC1. The molecule has 0 aromatic carbocycles. The van der Waals surface area contributed by atoms with Gasteiger partial charge in [-0.25, -0.2) is 0 Å². The molecule has 104 valence electrons. The van der Waals surface area contributed by atoms with Gasteiger partial charge in [-0.05, 0) is 43.6 Å². The molecule has 2 aliphatic carbocycles. The van der Waals surface area contributed by atoms with Crippen molar-refractivity contribution < 1.29 is 9.53 Å². The maximum atomic E-state index is 12.0.